The molecule has 0 aliphatic heterocycles. The van der Waals surface area contributed by atoms with Crippen molar-refractivity contribution >= 4 is 40.5 Å². The van der Waals surface area contributed by atoms with Gasteiger partial charge in [-0.25, -0.2) is 0 Å². The lowest BCUT2D eigenvalue weighted by molar-refractivity contribution is -0.117. The van der Waals surface area contributed by atoms with E-state index in [9.17, 15) is 4.79 Å². The van der Waals surface area contributed by atoms with E-state index in [1.807, 2.05) is 25.8 Å². The number of nitrogen functional groups attached to an aromatic ring is 1. The van der Waals surface area contributed by atoms with Crippen LogP contribution in [-0.2, 0) is 9.53 Å². The van der Waals surface area contributed by atoms with Crippen LogP contribution in [0.2, 0.25) is 10.0 Å². The molecule has 5 nitrogen and oxygen atoms in total. The lowest BCUT2D eigenvalue weighted by Crippen LogP contribution is -2.33. The highest BCUT2D eigenvalue weighted by Crippen LogP contribution is 2.31. The Balaban J connectivity index is 2.50. The molecule has 0 aliphatic rings. The Hall–Kier alpha value is -1.01. The third-order valence-corrected chi connectivity index (χ3v) is 3.20. The number of nitrogens with one attached hydrogen (secondary N) is 1. The van der Waals surface area contributed by atoms with Gasteiger partial charge >= 0.3 is 0 Å². The first-order valence-corrected chi connectivity index (χ1v) is 7.39. The van der Waals surface area contributed by atoms with Crippen molar-refractivity contribution in [1.82, 2.24) is 4.90 Å². The molecular formula is C14H21Cl2N3O2. The van der Waals surface area contributed by atoms with Crippen LogP contribution < -0.4 is 11.1 Å². The standard InChI is InChI=1S/C14H21Cl2N3O2/c1-9(2)21-5-4-19(3)8-13(20)18-14-11(16)6-10(15)7-12(14)17/h6-7,9H,4-5,8,17H2,1-3H3,(H,18,20). The Morgan fingerprint density at radius 2 is 2.10 bits per heavy atom. The SMILES string of the molecule is CC(C)OCCN(C)CC(=O)Nc1c(N)cc(Cl)cc1Cl. The topological polar surface area (TPSA) is 67.6 Å². The second-order valence-electron chi connectivity index (χ2n) is 5.06. The molecule has 1 amide bonds. The fourth-order valence-electron chi connectivity index (χ4n) is 1.67. The molecule has 118 valence electrons. The molecule has 1 aromatic carbocycles. The van der Waals surface area contributed by atoms with Crippen LogP contribution in [0.4, 0.5) is 11.4 Å². The van der Waals surface area contributed by atoms with Gasteiger partial charge in [0.15, 0.2) is 0 Å². The third kappa shape index (κ3) is 6.52. The van der Waals surface area contributed by atoms with Crippen molar-refractivity contribution in [2.45, 2.75) is 20.0 Å². The quantitative estimate of drug-likeness (QED) is 0.753. The number of nitrogens with two attached hydrogens (primary N) is 1. The van der Waals surface area contributed by atoms with E-state index in [-0.39, 0.29) is 18.6 Å². The van der Waals surface area contributed by atoms with E-state index < -0.39 is 0 Å². The van der Waals surface area contributed by atoms with Gasteiger partial charge in [-0.05, 0) is 33.0 Å². The van der Waals surface area contributed by atoms with E-state index in [2.05, 4.69) is 5.32 Å². The molecule has 0 radical (unpaired) electrons. The van der Waals surface area contributed by atoms with Gasteiger partial charge in [-0.3, -0.25) is 9.69 Å². The van der Waals surface area contributed by atoms with Crippen molar-refractivity contribution in [3.05, 3.63) is 22.2 Å². The normalized spacial score (nSPS) is 11.2. The first kappa shape index (κ1) is 18.0. The van der Waals surface area contributed by atoms with Crippen molar-refractivity contribution in [2.24, 2.45) is 0 Å². The molecule has 1 rings (SSSR count). The molecule has 0 aromatic heterocycles. The lowest BCUT2D eigenvalue weighted by Gasteiger charge is -2.18. The zero-order valence-corrected chi connectivity index (χ0v) is 14.0. The number of carbonyl (C=O) groups is 1. The molecule has 0 atom stereocenters. The molecule has 0 aliphatic carbocycles. The smallest absolute Gasteiger partial charge is 0.238 e. The number of carbonyl (C=O) groups excluding carboxylic acids is 1. The molecule has 21 heavy (non-hydrogen) atoms. The second-order valence-corrected chi connectivity index (χ2v) is 5.90. The minimum atomic E-state index is -0.196. The second kappa shape index (κ2) is 8.44. The van der Waals surface area contributed by atoms with E-state index >= 15 is 0 Å². The summed E-state index contributed by atoms with van der Waals surface area (Å²) < 4.78 is 5.43. The monoisotopic (exact) mass is 333 g/mol. The van der Waals surface area contributed by atoms with Crippen LogP contribution in [0.25, 0.3) is 0 Å². The van der Waals surface area contributed by atoms with Crippen LogP contribution in [0.3, 0.4) is 0 Å². The summed E-state index contributed by atoms with van der Waals surface area (Å²) in [5.41, 5.74) is 6.52. The molecule has 0 bridgehead atoms. The minimum Gasteiger partial charge on any atom is -0.397 e. The number of hydrogen-bond acceptors (Lipinski definition) is 4. The molecule has 0 saturated carbocycles. The molecule has 0 fully saturated rings. The first-order valence-electron chi connectivity index (χ1n) is 6.64. The predicted molar refractivity (Wildman–Crippen MR) is 88.1 cm³/mol. The maximum atomic E-state index is 12.0. The van der Waals surface area contributed by atoms with Crippen LogP contribution in [-0.4, -0.2) is 43.7 Å². The minimum absolute atomic E-state index is 0.180. The lowest BCUT2D eigenvalue weighted by atomic mass is 10.2. The molecular weight excluding hydrogens is 313 g/mol. The van der Waals surface area contributed by atoms with Gasteiger partial charge in [0.05, 0.1) is 35.7 Å². The Kier molecular flexibility index (Phi) is 7.25. The van der Waals surface area contributed by atoms with Crippen LogP contribution in [0.15, 0.2) is 12.1 Å². The van der Waals surface area contributed by atoms with Gasteiger partial charge in [-0.15, -0.1) is 0 Å². The van der Waals surface area contributed by atoms with Gasteiger partial charge in [-0.1, -0.05) is 23.2 Å². The Bertz CT molecular complexity index is 472. The highest BCUT2D eigenvalue weighted by Gasteiger charge is 2.12. The Morgan fingerprint density at radius 1 is 1.43 bits per heavy atom. The van der Waals surface area contributed by atoms with Crippen LogP contribution in [0.1, 0.15) is 13.8 Å². The van der Waals surface area contributed by atoms with E-state index in [1.165, 1.54) is 6.07 Å². The van der Waals surface area contributed by atoms with E-state index in [0.29, 0.717) is 34.6 Å². The largest absolute Gasteiger partial charge is 0.397 e. The summed E-state index contributed by atoms with van der Waals surface area (Å²) in [4.78, 5) is 13.8. The average molecular weight is 334 g/mol. The summed E-state index contributed by atoms with van der Waals surface area (Å²) in [5.74, 6) is -0.196. The van der Waals surface area contributed by atoms with Gasteiger partial charge < -0.3 is 15.8 Å². The molecule has 7 heteroatoms. The van der Waals surface area contributed by atoms with Gasteiger partial charge in [0.25, 0.3) is 0 Å². The van der Waals surface area contributed by atoms with Gasteiger partial charge in [0.1, 0.15) is 0 Å². The van der Waals surface area contributed by atoms with E-state index in [1.54, 1.807) is 6.07 Å². The van der Waals surface area contributed by atoms with Crippen LogP contribution >= 0.6 is 23.2 Å². The maximum absolute atomic E-state index is 12.0. The summed E-state index contributed by atoms with van der Waals surface area (Å²) in [6.45, 7) is 5.40. The number of amides is 1. The zero-order chi connectivity index (χ0) is 16.0. The molecule has 1 aromatic rings. The highest BCUT2D eigenvalue weighted by atomic mass is 35.5. The van der Waals surface area contributed by atoms with Crippen LogP contribution in [0.5, 0.6) is 0 Å². The summed E-state index contributed by atoms with van der Waals surface area (Å²) >= 11 is 11.8. The fourth-order valence-corrected chi connectivity index (χ4v) is 2.23. The Morgan fingerprint density at radius 3 is 2.67 bits per heavy atom. The van der Waals surface area contributed by atoms with Crippen molar-refractivity contribution < 1.29 is 9.53 Å². The van der Waals surface area contributed by atoms with E-state index in [4.69, 9.17) is 33.7 Å². The molecule has 0 spiro atoms. The number of likely N-dealkylation sites (N-methyl/N-ethyl adjacent to an activating group) is 1. The third-order valence-electron chi connectivity index (χ3n) is 2.69. The van der Waals surface area contributed by atoms with Crippen molar-refractivity contribution in [3.63, 3.8) is 0 Å². The van der Waals surface area contributed by atoms with Crippen LogP contribution in [0, 0.1) is 0 Å². The summed E-state index contributed by atoms with van der Waals surface area (Å²) in [6, 6.07) is 3.08. The molecule has 0 unspecified atom stereocenters. The number of anilines is 2. The fraction of sp³-hybridized carbons (Fsp3) is 0.500. The molecule has 0 saturated heterocycles. The number of nitrogens with zero attached hydrogens (tertiary/aromatic N) is 1. The maximum Gasteiger partial charge on any atom is 0.238 e. The van der Waals surface area contributed by atoms with Gasteiger partial charge in [0, 0.05) is 11.6 Å². The first-order chi connectivity index (χ1) is 9.79. The average Bonchev–Trinajstić information content (AvgIpc) is 2.33. The molecule has 3 N–H and O–H groups in total. The summed E-state index contributed by atoms with van der Waals surface area (Å²) in [6.07, 6.45) is 0.180. The van der Waals surface area contributed by atoms with E-state index in [0.717, 1.165) is 0 Å². The van der Waals surface area contributed by atoms with Gasteiger partial charge in [0.2, 0.25) is 5.91 Å². The number of halogens is 2. The molecule has 0 heterocycles. The highest BCUT2D eigenvalue weighted by molar-refractivity contribution is 6.37. The van der Waals surface area contributed by atoms with Crippen molar-refractivity contribution in [3.8, 4) is 0 Å². The number of hydrogen-bond donors (Lipinski definition) is 2. The van der Waals surface area contributed by atoms with Crippen molar-refractivity contribution in [1.29, 1.82) is 0 Å². The zero-order valence-electron chi connectivity index (χ0n) is 12.5. The number of rotatable bonds is 7. The van der Waals surface area contributed by atoms with Gasteiger partial charge in [-0.2, -0.15) is 0 Å². The Labute approximate surface area is 135 Å². The predicted octanol–water partition coefficient (Wildman–Crippen LogP) is 2.87. The number of benzene rings is 1. The summed E-state index contributed by atoms with van der Waals surface area (Å²) in [7, 11) is 1.84. The van der Waals surface area contributed by atoms with Crippen molar-refractivity contribution in [2.75, 3.05) is 37.8 Å². The number of ether oxygens (including phenoxy) is 1. The summed E-state index contributed by atoms with van der Waals surface area (Å²) in [5, 5.41) is 3.45.